The average Bonchev–Trinajstić information content (AvgIpc) is 3.34. The van der Waals surface area contributed by atoms with E-state index in [4.69, 9.17) is 4.74 Å². The molecule has 2 heterocycles. The van der Waals surface area contributed by atoms with Crippen LogP contribution in [-0.2, 0) is 11.3 Å². The van der Waals surface area contributed by atoms with Crippen molar-refractivity contribution in [3.8, 4) is 17.2 Å². The van der Waals surface area contributed by atoms with Crippen LogP contribution in [0.5, 0.6) is 11.5 Å². The number of hydrogen-bond donors (Lipinski definition) is 1. The number of carbonyl (C=O) groups excluding carboxylic acids is 1. The Bertz CT molecular complexity index is 1180. The smallest absolute Gasteiger partial charge is 0.244 e. The monoisotopic (exact) mass is 415 g/mol. The summed E-state index contributed by atoms with van der Waals surface area (Å²) in [5.74, 6) is -0.280. The molecule has 31 heavy (non-hydrogen) atoms. The molecule has 0 unspecified atom stereocenters. The summed E-state index contributed by atoms with van der Waals surface area (Å²) in [6.07, 6.45) is 9.09. The van der Waals surface area contributed by atoms with Gasteiger partial charge in [0.05, 0.1) is 11.9 Å². The maximum atomic E-state index is 14.3. The molecule has 0 aliphatic rings. The van der Waals surface area contributed by atoms with E-state index < -0.39 is 5.82 Å². The van der Waals surface area contributed by atoms with Gasteiger partial charge in [-0.1, -0.05) is 18.2 Å². The van der Waals surface area contributed by atoms with Gasteiger partial charge in [0.25, 0.3) is 0 Å². The first-order valence-corrected chi connectivity index (χ1v) is 9.45. The first-order chi connectivity index (χ1) is 15.2. The van der Waals surface area contributed by atoms with Gasteiger partial charge in [-0.3, -0.25) is 9.78 Å². The molecule has 4 rings (SSSR count). The summed E-state index contributed by atoms with van der Waals surface area (Å²) in [5, 5.41) is 6.86. The molecular formula is C23H18FN5O2. The van der Waals surface area contributed by atoms with Crippen molar-refractivity contribution in [3.63, 3.8) is 0 Å². The van der Waals surface area contributed by atoms with Crippen LogP contribution in [0.2, 0.25) is 0 Å². The summed E-state index contributed by atoms with van der Waals surface area (Å²) in [6.45, 7) is 0.368. The molecule has 2 aromatic heterocycles. The lowest BCUT2D eigenvalue weighted by Crippen LogP contribution is -2.20. The molecule has 0 spiro atoms. The van der Waals surface area contributed by atoms with E-state index in [1.807, 2.05) is 24.3 Å². The lowest BCUT2D eigenvalue weighted by molar-refractivity contribution is -0.116. The fourth-order valence-electron chi connectivity index (χ4n) is 2.77. The predicted octanol–water partition coefficient (Wildman–Crippen LogP) is 3.92. The summed E-state index contributed by atoms with van der Waals surface area (Å²) in [6, 6.07) is 15.5. The fourth-order valence-corrected chi connectivity index (χ4v) is 2.77. The van der Waals surface area contributed by atoms with E-state index in [1.54, 1.807) is 41.5 Å². The number of ether oxygens (including phenoxy) is 1. The number of amides is 1. The molecular weight excluding hydrogens is 397 g/mol. The third-order valence-electron chi connectivity index (χ3n) is 4.33. The first kappa shape index (κ1) is 20.0. The molecule has 1 N–H and O–H groups in total. The summed E-state index contributed by atoms with van der Waals surface area (Å²) < 4.78 is 21.4. The Balaban J connectivity index is 1.31. The van der Waals surface area contributed by atoms with E-state index in [0.717, 1.165) is 11.3 Å². The van der Waals surface area contributed by atoms with Crippen molar-refractivity contribution >= 4 is 12.0 Å². The van der Waals surface area contributed by atoms with E-state index in [1.165, 1.54) is 30.7 Å². The van der Waals surface area contributed by atoms with Crippen molar-refractivity contribution < 1.29 is 13.9 Å². The third-order valence-corrected chi connectivity index (χ3v) is 4.33. The lowest BCUT2D eigenvalue weighted by atomic mass is 10.2. The molecule has 0 radical (unpaired) electrons. The first-order valence-electron chi connectivity index (χ1n) is 9.45. The van der Waals surface area contributed by atoms with Crippen LogP contribution >= 0.6 is 0 Å². The van der Waals surface area contributed by atoms with Gasteiger partial charge in [-0.15, -0.1) is 0 Å². The van der Waals surface area contributed by atoms with Crippen molar-refractivity contribution in [2.45, 2.75) is 6.54 Å². The molecule has 0 atom stereocenters. The molecule has 0 fully saturated rings. The molecule has 0 bridgehead atoms. The zero-order valence-corrected chi connectivity index (χ0v) is 16.4. The van der Waals surface area contributed by atoms with E-state index in [0.29, 0.717) is 17.9 Å². The minimum Gasteiger partial charge on any atom is -0.453 e. The highest BCUT2D eigenvalue weighted by Gasteiger charge is 2.06. The molecule has 154 valence electrons. The number of nitrogens with one attached hydrogen (secondary N) is 1. The Kier molecular flexibility index (Phi) is 6.08. The van der Waals surface area contributed by atoms with Gasteiger partial charge in [-0.05, 0) is 53.6 Å². The SMILES string of the molecule is O=C(/C=C/c1ccc(Oc2cccnc2)c(F)c1)NCc1ccc(-n2cncn2)cc1. The van der Waals surface area contributed by atoms with Gasteiger partial charge in [-0.25, -0.2) is 14.1 Å². The van der Waals surface area contributed by atoms with Gasteiger partial charge in [0, 0.05) is 18.8 Å². The molecule has 0 saturated heterocycles. The van der Waals surface area contributed by atoms with Gasteiger partial charge in [0.15, 0.2) is 11.6 Å². The number of rotatable bonds is 7. The van der Waals surface area contributed by atoms with Crippen LogP contribution in [0.15, 0.2) is 85.7 Å². The molecule has 7 nitrogen and oxygen atoms in total. The van der Waals surface area contributed by atoms with Crippen LogP contribution < -0.4 is 10.1 Å². The minimum atomic E-state index is -0.529. The van der Waals surface area contributed by atoms with Gasteiger partial charge in [-0.2, -0.15) is 5.10 Å². The van der Waals surface area contributed by atoms with Gasteiger partial charge in [0.1, 0.15) is 18.4 Å². The number of aromatic nitrogens is 4. The van der Waals surface area contributed by atoms with Crippen LogP contribution in [0.3, 0.4) is 0 Å². The topological polar surface area (TPSA) is 81.9 Å². The summed E-state index contributed by atoms with van der Waals surface area (Å²) in [7, 11) is 0. The molecule has 8 heteroatoms. The number of halogens is 1. The number of hydrogen-bond acceptors (Lipinski definition) is 5. The quantitative estimate of drug-likeness (QED) is 0.463. The number of pyridine rings is 1. The zero-order chi connectivity index (χ0) is 21.5. The standard InChI is InChI=1S/C23H18FN5O2/c24-21-12-17(5-9-22(21)31-20-2-1-11-25-14-20)6-10-23(30)27-13-18-3-7-19(8-4-18)29-16-26-15-28-29/h1-12,14-16H,13H2,(H,27,30)/b10-6+. The van der Waals surface area contributed by atoms with E-state index in [9.17, 15) is 9.18 Å². The number of carbonyl (C=O) groups is 1. The molecule has 1 amide bonds. The van der Waals surface area contributed by atoms with Gasteiger partial charge in [0.2, 0.25) is 5.91 Å². The van der Waals surface area contributed by atoms with Crippen LogP contribution in [0, 0.1) is 5.82 Å². The Morgan fingerprint density at radius 2 is 2.00 bits per heavy atom. The third kappa shape index (κ3) is 5.39. The normalized spacial score (nSPS) is 10.9. The average molecular weight is 415 g/mol. The second-order valence-corrected chi connectivity index (χ2v) is 6.54. The van der Waals surface area contributed by atoms with E-state index in [-0.39, 0.29) is 11.7 Å². The fraction of sp³-hybridized carbons (Fsp3) is 0.0435. The minimum absolute atomic E-state index is 0.0870. The van der Waals surface area contributed by atoms with Gasteiger partial charge < -0.3 is 10.1 Å². The highest BCUT2D eigenvalue weighted by molar-refractivity contribution is 5.91. The van der Waals surface area contributed by atoms with E-state index in [2.05, 4.69) is 20.4 Å². The second kappa shape index (κ2) is 9.45. The van der Waals surface area contributed by atoms with Crippen molar-refractivity contribution in [1.82, 2.24) is 25.1 Å². The molecule has 4 aromatic rings. The van der Waals surface area contributed by atoms with Crippen molar-refractivity contribution in [1.29, 1.82) is 0 Å². The Morgan fingerprint density at radius 1 is 1.13 bits per heavy atom. The summed E-state index contributed by atoms with van der Waals surface area (Å²) in [5.41, 5.74) is 2.36. The van der Waals surface area contributed by atoms with Crippen molar-refractivity contribution in [3.05, 3.63) is 103 Å². The van der Waals surface area contributed by atoms with Crippen LogP contribution in [0.25, 0.3) is 11.8 Å². The van der Waals surface area contributed by atoms with Gasteiger partial charge >= 0.3 is 0 Å². The Labute approximate surface area is 177 Å². The van der Waals surface area contributed by atoms with Crippen molar-refractivity contribution in [2.24, 2.45) is 0 Å². The highest BCUT2D eigenvalue weighted by Crippen LogP contribution is 2.24. The molecule has 0 aliphatic heterocycles. The highest BCUT2D eigenvalue weighted by atomic mass is 19.1. The molecule has 0 saturated carbocycles. The van der Waals surface area contributed by atoms with Crippen LogP contribution in [-0.4, -0.2) is 25.7 Å². The van der Waals surface area contributed by atoms with E-state index >= 15 is 0 Å². The predicted molar refractivity (Wildman–Crippen MR) is 113 cm³/mol. The largest absolute Gasteiger partial charge is 0.453 e. The zero-order valence-electron chi connectivity index (χ0n) is 16.4. The maximum Gasteiger partial charge on any atom is 0.244 e. The lowest BCUT2D eigenvalue weighted by Gasteiger charge is -2.07. The Hall–Kier alpha value is -4.33. The second-order valence-electron chi connectivity index (χ2n) is 6.54. The maximum absolute atomic E-state index is 14.3. The molecule has 0 aliphatic carbocycles. The van der Waals surface area contributed by atoms with Crippen LogP contribution in [0.4, 0.5) is 4.39 Å². The molecule has 2 aromatic carbocycles. The Morgan fingerprint density at radius 3 is 2.71 bits per heavy atom. The van der Waals surface area contributed by atoms with Crippen LogP contribution in [0.1, 0.15) is 11.1 Å². The summed E-state index contributed by atoms with van der Waals surface area (Å²) >= 11 is 0. The summed E-state index contributed by atoms with van der Waals surface area (Å²) in [4.78, 5) is 19.9. The van der Waals surface area contributed by atoms with Crippen molar-refractivity contribution in [2.75, 3.05) is 0 Å². The number of nitrogens with zero attached hydrogens (tertiary/aromatic N) is 4. The number of benzene rings is 2.